The number of likely N-dealkylation sites (N-methyl/N-ethyl adjacent to an activating group) is 1. The Bertz CT molecular complexity index is 415. The topological polar surface area (TPSA) is 40.5 Å². The first-order valence-corrected chi connectivity index (χ1v) is 6.95. The molecule has 1 rings (SSSR count). The van der Waals surface area contributed by atoms with Gasteiger partial charge >= 0.3 is 5.97 Å². The molecule has 1 N–H and O–H groups in total. The molecule has 0 atom stereocenters. The van der Waals surface area contributed by atoms with Crippen molar-refractivity contribution in [1.82, 2.24) is 4.90 Å². The van der Waals surface area contributed by atoms with Crippen molar-refractivity contribution < 1.29 is 9.90 Å². The minimum absolute atomic E-state index is 0.283. The van der Waals surface area contributed by atoms with Crippen molar-refractivity contribution in [1.29, 1.82) is 0 Å². The van der Waals surface area contributed by atoms with Crippen LogP contribution in [0.25, 0.3) is 0 Å². The van der Waals surface area contributed by atoms with Crippen LogP contribution in [0.15, 0.2) is 18.2 Å². The summed E-state index contributed by atoms with van der Waals surface area (Å²) in [5, 5.41) is 8.57. The summed E-state index contributed by atoms with van der Waals surface area (Å²) in [7, 11) is 2.10. The lowest BCUT2D eigenvalue weighted by atomic mass is 10.0. The average Bonchev–Trinajstić information content (AvgIpc) is 2.33. The van der Waals surface area contributed by atoms with Gasteiger partial charge in [-0.05, 0) is 57.8 Å². The standard InChI is InChI=1S/C16H25NO2/c1-13-7-8-15(14(2)12-13)9-11-17(3)10-5-4-6-16(18)19/h7-8,12H,4-6,9-11H2,1-3H3,(H,18,19). The molecule has 3 heteroatoms. The summed E-state index contributed by atoms with van der Waals surface area (Å²) in [6.45, 7) is 6.27. The molecule has 0 aliphatic carbocycles. The van der Waals surface area contributed by atoms with Crippen molar-refractivity contribution in [3.8, 4) is 0 Å². The fourth-order valence-corrected chi connectivity index (χ4v) is 2.21. The summed E-state index contributed by atoms with van der Waals surface area (Å²) in [5.74, 6) is -0.696. The Kier molecular flexibility index (Phi) is 6.57. The Hall–Kier alpha value is -1.35. The van der Waals surface area contributed by atoms with E-state index in [2.05, 4.69) is 44.0 Å². The van der Waals surface area contributed by atoms with Gasteiger partial charge in [0.15, 0.2) is 0 Å². The van der Waals surface area contributed by atoms with Crippen molar-refractivity contribution >= 4 is 5.97 Å². The van der Waals surface area contributed by atoms with E-state index in [1.165, 1.54) is 16.7 Å². The lowest BCUT2D eigenvalue weighted by molar-refractivity contribution is -0.137. The largest absolute Gasteiger partial charge is 0.481 e. The predicted molar refractivity (Wildman–Crippen MR) is 78.6 cm³/mol. The van der Waals surface area contributed by atoms with Crippen molar-refractivity contribution in [3.63, 3.8) is 0 Å². The molecule has 0 aliphatic heterocycles. The fraction of sp³-hybridized carbons (Fsp3) is 0.562. The Morgan fingerprint density at radius 3 is 2.58 bits per heavy atom. The average molecular weight is 263 g/mol. The molecule has 1 aromatic carbocycles. The van der Waals surface area contributed by atoms with E-state index in [0.717, 1.165) is 32.4 Å². The molecule has 3 nitrogen and oxygen atoms in total. The number of benzene rings is 1. The van der Waals surface area contributed by atoms with Crippen molar-refractivity contribution in [2.45, 2.75) is 39.5 Å². The maximum Gasteiger partial charge on any atom is 0.303 e. The lowest BCUT2D eigenvalue weighted by Gasteiger charge is -2.17. The van der Waals surface area contributed by atoms with Gasteiger partial charge in [-0.15, -0.1) is 0 Å². The van der Waals surface area contributed by atoms with Crippen molar-refractivity contribution in [2.24, 2.45) is 0 Å². The van der Waals surface area contributed by atoms with E-state index in [4.69, 9.17) is 5.11 Å². The summed E-state index contributed by atoms with van der Waals surface area (Å²) in [5.41, 5.74) is 4.07. The molecule has 0 bridgehead atoms. The highest BCUT2D eigenvalue weighted by Crippen LogP contribution is 2.11. The predicted octanol–water partition coefficient (Wildman–Crippen LogP) is 3.03. The lowest BCUT2D eigenvalue weighted by Crippen LogP contribution is -2.22. The zero-order valence-electron chi connectivity index (χ0n) is 12.3. The van der Waals surface area contributed by atoms with Gasteiger partial charge in [0.1, 0.15) is 0 Å². The second-order valence-corrected chi connectivity index (χ2v) is 5.33. The first-order chi connectivity index (χ1) is 8.99. The van der Waals surface area contributed by atoms with Gasteiger partial charge in [-0.3, -0.25) is 4.79 Å². The minimum Gasteiger partial charge on any atom is -0.481 e. The maximum atomic E-state index is 10.4. The third-order valence-electron chi connectivity index (χ3n) is 3.44. The number of hydrogen-bond acceptors (Lipinski definition) is 2. The number of carboxylic acid groups (broad SMARTS) is 1. The van der Waals surface area contributed by atoms with Gasteiger partial charge in [-0.1, -0.05) is 23.8 Å². The van der Waals surface area contributed by atoms with E-state index < -0.39 is 5.97 Å². The van der Waals surface area contributed by atoms with Gasteiger partial charge in [0.25, 0.3) is 0 Å². The van der Waals surface area contributed by atoms with Gasteiger partial charge in [0.2, 0.25) is 0 Å². The fourth-order valence-electron chi connectivity index (χ4n) is 2.21. The summed E-state index contributed by atoms with van der Waals surface area (Å²) in [4.78, 5) is 12.7. The van der Waals surface area contributed by atoms with E-state index >= 15 is 0 Å². The highest BCUT2D eigenvalue weighted by Gasteiger charge is 2.03. The summed E-state index contributed by atoms with van der Waals surface area (Å²) in [6.07, 6.45) is 3.06. The minimum atomic E-state index is -0.696. The summed E-state index contributed by atoms with van der Waals surface area (Å²) in [6, 6.07) is 6.60. The maximum absolute atomic E-state index is 10.4. The molecule has 0 heterocycles. The molecule has 0 fully saturated rings. The second kappa shape index (κ2) is 7.95. The van der Waals surface area contributed by atoms with Gasteiger partial charge in [0.05, 0.1) is 0 Å². The van der Waals surface area contributed by atoms with Gasteiger partial charge in [-0.25, -0.2) is 0 Å². The third kappa shape index (κ3) is 6.39. The molecular weight excluding hydrogens is 238 g/mol. The highest BCUT2D eigenvalue weighted by atomic mass is 16.4. The van der Waals surface area contributed by atoms with Gasteiger partial charge in [-0.2, -0.15) is 0 Å². The summed E-state index contributed by atoms with van der Waals surface area (Å²) < 4.78 is 0. The molecule has 106 valence electrons. The van der Waals surface area contributed by atoms with E-state index in [9.17, 15) is 4.79 Å². The SMILES string of the molecule is Cc1ccc(CCN(C)CCCCC(=O)O)c(C)c1. The smallest absolute Gasteiger partial charge is 0.303 e. The zero-order chi connectivity index (χ0) is 14.3. The Labute approximate surface area is 116 Å². The van der Waals surface area contributed by atoms with E-state index in [-0.39, 0.29) is 6.42 Å². The number of aryl methyl sites for hydroxylation is 2. The van der Waals surface area contributed by atoms with Crippen LogP contribution in [0.5, 0.6) is 0 Å². The Morgan fingerprint density at radius 1 is 1.21 bits per heavy atom. The quantitative estimate of drug-likeness (QED) is 0.733. The number of nitrogens with zero attached hydrogens (tertiary/aromatic N) is 1. The number of aliphatic carboxylic acids is 1. The zero-order valence-corrected chi connectivity index (χ0v) is 12.3. The van der Waals surface area contributed by atoms with Crippen LogP contribution in [0.1, 0.15) is 36.0 Å². The van der Waals surface area contributed by atoms with Crippen LogP contribution in [0.4, 0.5) is 0 Å². The molecule has 0 saturated heterocycles. The van der Waals surface area contributed by atoms with Crippen LogP contribution in [0.3, 0.4) is 0 Å². The molecule has 0 aliphatic rings. The van der Waals surface area contributed by atoms with Crippen LogP contribution < -0.4 is 0 Å². The van der Waals surface area contributed by atoms with Gasteiger partial charge in [0, 0.05) is 13.0 Å². The number of carbonyl (C=O) groups is 1. The van der Waals surface area contributed by atoms with Crippen LogP contribution in [0.2, 0.25) is 0 Å². The first-order valence-electron chi connectivity index (χ1n) is 6.95. The second-order valence-electron chi connectivity index (χ2n) is 5.33. The monoisotopic (exact) mass is 263 g/mol. The number of rotatable bonds is 8. The molecule has 0 amide bonds. The highest BCUT2D eigenvalue weighted by molar-refractivity contribution is 5.66. The summed E-state index contributed by atoms with van der Waals surface area (Å²) >= 11 is 0. The van der Waals surface area contributed by atoms with E-state index in [1.807, 2.05) is 0 Å². The number of carboxylic acids is 1. The normalized spacial score (nSPS) is 10.9. The molecule has 0 spiro atoms. The molecule has 0 radical (unpaired) electrons. The van der Waals surface area contributed by atoms with Crippen molar-refractivity contribution in [2.75, 3.05) is 20.1 Å². The van der Waals surface area contributed by atoms with Crippen molar-refractivity contribution in [3.05, 3.63) is 34.9 Å². The van der Waals surface area contributed by atoms with Crippen LogP contribution in [-0.2, 0) is 11.2 Å². The first kappa shape index (κ1) is 15.7. The molecule has 0 aromatic heterocycles. The Morgan fingerprint density at radius 2 is 1.95 bits per heavy atom. The third-order valence-corrected chi connectivity index (χ3v) is 3.44. The van der Waals surface area contributed by atoms with Crippen LogP contribution >= 0.6 is 0 Å². The molecule has 0 unspecified atom stereocenters. The van der Waals surface area contributed by atoms with E-state index in [0.29, 0.717) is 0 Å². The molecule has 1 aromatic rings. The van der Waals surface area contributed by atoms with Gasteiger partial charge < -0.3 is 10.0 Å². The number of unbranched alkanes of at least 4 members (excludes halogenated alkanes) is 1. The molecular formula is C16H25NO2. The van der Waals surface area contributed by atoms with Crippen LogP contribution in [0, 0.1) is 13.8 Å². The van der Waals surface area contributed by atoms with Crippen LogP contribution in [-0.4, -0.2) is 36.1 Å². The molecule has 19 heavy (non-hydrogen) atoms. The molecule has 0 saturated carbocycles. The van der Waals surface area contributed by atoms with E-state index in [1.54, 1.807) is 0 Å². The Balaban J connectivity index is 2.26. The number of hydrogen-bond donors (Lipinski definition) is 1.